The number of carbonyl (C=O) groups is 3. The van der Waals surface area contributed by atoms with Crippen molar-refractivity contribution in [2.24, 2.45) is 0 Å². The van der Waals surface area contributed by atoms with Crippen LogP contribution in [-0.2, 0) is 25.0 Å². The van der Waals surface area contributed by atoms with Crippen molar-refractivity contribution in [3.8, 4) is 11.3 Å². The molecule has 2 heterocycles. The molecule has 1 amide bonds. The number of aromatic amines is 1. The van der Waals surface area contributed by atoms with E-state index in [1.165, 1.54) is 29.2 Å². The van der Waals surface area contributed by atoms with Gasteiger partial charge in [-0.2, -0.15) is 0 Å². The molecular weight excluding hydrogens is 490 g/mol. The lowest BCUT2D eigenvalue weighted by Gasteiger charge is -2.17. The van der Waals surface area contributed by atoms with Crippen LogP contribution in [0.4, 0.5) is 19.3 Å². The molecule has 11 heteroatoms. The zero-order valence-electron chi connectivity index (χ0n) is 19.8. The largest absolute Gasteiger partial charge is 0.481 e. The number of fused-ring (bicyclic) bond motifs is 1. The van der Waals surface area contributed by atoms with E-state index in [0.29, 0.717) is 11.1 Å². The topological polar surface area (TPSA) is 126 Å². The van der Waals surface area contributed by atoms with E-state index in [1.807, 2.05) is 0 Å². The van der Waals surface area contributed by atoms with Gasteiger partial charge in [0, 0.05) is 47.7 Å². The molecule has 1 aliphatic rings. The monoisotopic (exact) mass is 514 g/mol. The summed E-state index contributed by atoms with van der Waals surface area (Å²) in [7, 11) is 0. The number of alkyl halides is 2. The molecule has 0 aliphatic carbocycles. The summed E-state index contributed by atoms with van der Waals surface area (Å²) in [6, 6.07) is 12.2. The van der Waals surface area contributed by atoms with Gasteiger partial charge >= 0.3 is 18.0 Å². The van der Waals surface area contributed by atoms with Crippen molar-refractivity contribution in [1.82, 2.24) is 4.98 Å². The van der Waals surface area contributed by atoms with Gasteiger partial charge in [0.05, 0.1) is 6.54 Å². The van der Waals surface area contributed by atoms with Crippen molar-refractivity contribution in [3.05, 3.63) is 64.4 Å². The average molecular weight is 514 g/mol. The highest BCUT2D eigenvalue weighted by molar-refractivity contribution is 5.95. The summed E-state index contributed by atoms with van der Waals surface area (Å²) in [5.41, 5.74) is 0.110. The number of cyclic esters (lactones) is 1. The molecule has 37 heavy (non-hydrogen) atoms. The summed E-state index contributed by atoms with van der Waals surface area (Å²) >= 11 is 0. The Balaban J connectivity index is 1.50. The van der Waals surface area contributed by atoms with Crippen molar-refractivity contribution >= 4 is 34.5 Å². The van der Waals surface area contributed by atoms with E-state index < -0.39 is 35.6 Å². The number of amides is 1. The van der Waals surface area contributed by atoms with Gasteiger partial charge in [-0.25, -0.2) is 13.6 Å². The van der Waals surface area contributed by atoms with Gasteiger partial charge < -0.3 is 19.6 Å². The second-order valence-electron chi connectivity index (χ2n) is 8.76. The Bertz CT molecular complexity index is 1410. The Morgan fingerprint density at radius 3 is 2.65 bits per heavy atom. The first-order valence-corrected chi connectivity index (χ1v) is 11.5. The van der Waals surface area contributed by atoms with E-state index in [-0.39, 0.29) is 54.6 Å². The van der Waals surface area contributed by atoms with Crippen LogP contribution >= 0.6 is 0 Å². The van der Waals surface area contributed by atoms with Gasteiger partial charge in [0.2, 0.25) is 0 Å². The maximum absolute atomic E-state index is 14.1. The molecule has 0 saturated carbocycles. The summed E-state index contributed by atoms with van der Waals surface area (Å²) in [6.45, 7) is 0.676. The van der Waals surface area contributed by atoms with Crippen molar-refractivity contribution in [3.63, 3.8) is 0 Å². The minimum absolute atomic E-state index is 0.0630. The van der Waals surface area contributed by atoms with Crippen LogP contribution < -0.4 is 10.5 Å². The first-order chi connectivity index (χ1) is 17.5. The minimum Gasteiger partial charge on any atom is -0.481 e. The molecule has 1 fully saturated rings. The fraction of sp³-hybridized carbons (Fsp3) is 0.308. The number of nitrogens with one attached hydrogen (secondary N) is 1. The zero-order chi connectivity index (χ0) is 26.7. The van der Waals surface area contributed by atoms with Crippen molar-refractivity contribution in [2.45, 2.75) is 38.2 Å². The van der Waals surface area contributed by atoms with Gasteiger partial charge in [-0.3, -0.25) is 19.3 Å². The molecule has 1 atom stereocenters. The van der Waals surface area contributed by atoms with Crippen LogP contribution in [0.3, 0.4) is 0 Å². The van der Waals surface area contributed by atoms with Gasteiger partial charge in [0.1, 0.15) is 6.61 Å². The number of halogens is 2. The highest BCUT2D eigenvalue weighted by Gasteiger charge is 2.33. The normalized spacial score (nSPS) is 15.6. The molecule has 2 aromatic carbocycles. The number of hydrogen-bond acceptors (Lipinski definition) is 6. The summed E-state index contributed by atoms with van der Waals surface area (Å²) in [5, 5.41) is 9.37. The Kier molecular flexibility index (Phi) is 7.23. The number of pyridine rings is 1. The number of benzene rings is 2. The highest BCUT2D eigenvalue weighted by atomic mass is 19.3. The van der Waals surface area contributed by atoms with E-state index in [9.17, 15) is 28.0 Å². The third kappa shape index (κ3) is 5.93. The van der Waals surface area contributed by atoms with Crippen molar-refractivity contribution in [2.75, 3.05) is 18.1 Å². The number of H-pyrrole nitrogens is 1. The van der Waals surface area contributed by atoms with E-state index in [0.717, 1.165) is 6.92 Å². The minimum atomic E-state index is -3.11. The van der Waals surface area contributed by atoms with E-state index in [1.54, 1.807) is 24.3 Å². The van der Waals surface area contributed by atoms with E-state index in [2.05, 4.69) is 4.98 Å². The van der Waals surface area contributed by atoms with E-state index in [4.69, 9.17) is 14.6 Å². The Morgan fingerprint density at radius 2 is 1.92 bits per heavy atom. The summed E-state index contributed by atoms with van der Waals surface area (Å²) in [5.74, 6) is -4.71. The molecule has 0 bridgehead atoms. The van der Waals surface area contributed by atoms with Gasteiger partial charge in [-0.1, -0.05) is 30.3 Å². The number of nitrogens with zero attached hydrogens (tertiary/aromatic N) is 1. The van der Waals surface area contributed by atoms with Gasteiger partial charge in [-0.05, 0) is 30.0 Å². The number of esters is 1. The number of carboxylic acid groups (broad SMARTS) is 1. The maximum Gasteiger partial charge on any atom is 0.414 e. The highest BCUT2D eigenvalue weighted by Crippen LogP contribution is 2.35. The van der Waals surface area contributed by atoms with Crippen LogP contribution in [0.1, 0.15) is 31.7 Å². The van der Waals surface area contributed by atoms with Gasteiger partial charge in [0.15, 0.2) is 6.10 Å². The van der Waals surface area contributed by atoms with Crippen LogP contribution in [0, 0.1) is 0 Å². The molecule has 9 nitrogen and oxygen atoms in total. The van der Waals surface area contributed by atoms with Crippen LogP contribution in [0.2, 0.25) is 0 Å². The molecule has 3 aromatic rings. The molecular formula is C26H24F2N2O7. The number of carboxylic acids is 1. The van der Waals surface area contributed by atoms with Crippen molar-refractivity contribution in [1.29, 1.82) is 0 Å². The number of anilines is 1. The Hall–Kier alpha value is -4.28. The molecule has 2 N–H and O–H groups in total. The average Bonchev–Trinajstić information content (AvgIpc) is 3.22. The summed E-state index contributed by atoms with van der Waals surface area (Å²) in [4.78, 5) is 51.5. The van der Waals surface area contributed by atoms with Crippen LogP contribution in [0.25, 0.3) is 22.0 Å². The molecule has 194 valence electrons. The second kappa shape index (κ2) is 10.4. The van der Waals surface area contributed by atoms with Crippen LogP contribution in [0.5, 0.6) is 0 Å². The molecule has 1 aromatic heterocycles. The fourth-order valence-electron chi connectivity index (χ4n) is 4.12. The number of aromatic nitrogens is 1. The lowest BCUT2D eigenvalue weighted by atomic mass is 9.98. The SMILES string of the molecule is CC(F)(F)c1ccccc1-c1cc2ccc(N3C[C@H](COC(=O)CCCC(=O)O)OC3=O)cc2c(=O)[nH]1. The molecule has 0 spiro atoms. The zero-order valence-corrected chi connectivity index (χ0v) is 19.8. The molecule has 1 aliphatic heterocycles. The third-order valence-electron chi connectivity index (χ3n) is 5.91. The van der Waals surface area contributed by atoms with Crippen molar-refractivity contribution < 1.29 is 37.7 Å². The quantitative estimate of drug-likeness (QED) is 0.405. The Morgan fingerprint density at radius 1 is 1.16 bits per heavy atom. The standard InChI is InChI=1S/C26H24F2N2O7/c1-26(27,28)20-6-3-2-5-18(20)21-11-15-9-10-16(12-19(15)24(34)29-21)30-13-17(37-25(30)35)14-36-23(33)8-4-7-22(31)32/h2-3,5-6,9-12,17H,4,7-8,13-14H2,1H3,(H,29,34)(H,31,32)/t17-/m1/s1. The smallest absolute Gasteiger partial charge is 0.414 e. The van der Waals surface area contributed by atoms with Crippen LogP contribution in [0.15, 0.2) is 53.3 Å². The van der Waals surface area contributed by atoms with Crippen LogP contribution in [-0.4, -0.2) is 47.4 Å². The van der Waals surface area contributed by atoms with E-state index >= 15 is 0 Å². The Labute approximate surface area is 209 Å². The number of hydrogen-bond donors (Lipinski definition) is 2. The molecule has 1 saturated heterocycles. The predicted octanol–water partition coefficient (Wildman–Crippen LogP) is 4.43. The molecule has 0 unspecified atom stereocenters. The van der Waals surface area contributed by atoms with Gasteiger partial charge in [0.25, 0.3) is 11.5 Å². The molecule has 4 rings (SSSR count). The number of aliphatic carboxylic acids is 1. The predicted molar refractivity (Wildman–Crippen MR) is 130 cm³/mol. The molecule has 0 radical (unpaired) electrons. The van der Waals surface area contributed by atoms with Gasteiger partial charge in [-0.15, -0.1) is 0 Å². The fourth-order valence-corrected chi connectivity index (χ4v) is 4.12. The number of rotatable bonds is 9. The number of ether oxygens (including phenoxy) is 2. The maximum atomic E-state index is 14.1. The summed E-state index contributed by atoms with van der Waals surface area (Å²) in [6.07, 6.45) is -1.49. The summed E-state index contributed by atoms with van der Waals surface area (Å²) < 4.78 is 38.5. The third-order valence-corrected chi connectivity index (χ3v) is 5.91. The number of carbonyl (C=O) groups excluding carboxylic acids is 2. The second-order valence-corrected chi connectivity index (χ2v) is 8.76. The lowest BCUT2D eigenvalue weighted by molar-refractivity contribution is -0.146. The lowest BCUT2D eigenvalue weighted by Crippen LogP contribution is -2.26. The first-order valence-electron chi connectivity index (χ1n) is 11.5. The first kappa shape index (κ1) is 25.8.